The number of carbonyl (C=O) groups excluding carboxylic acids is 1. The molecule has 0 radical (unpaired) electrons. The largest absolute Gasteiger partial charge is 0.448 e. The summed E-state index contributed by atoms with van der Waals surface area (Å²) in [4.78, 5) is 14.5. The number of amides is 1. The number of rotatable bonds is 4. The van der Waals surface area contributed by atoms with E-state index in [9.17, 15) is 4.79 Å². The van der Waals surface area contributed by atoms with Crippen molar-refractivity contribution in [1.29, 1.82) is 0 Å². The third-order valence-electron chi connectivity index (χ3n) is 1.67. The van der Waals surface area contributed by atoms with Crippen LogP contribution in [-0.4, -0.2) is 24.2 Å². The quantitative estimate of drug-likeness (QED) is 0.818. The summed E-state index contributed by atoms with van der Waals surface area (Å²) in [6.07, 6.45) is -0.767. The van der Waals surface area contributed by atoms with Crippen molar-refractivity contribution in [3.8, 4) is 0 Å². The Balaban J connectivity index is 2.38. The minimum Gasteiger partial charge on any atom is -0.448 e. The van der Waals surface area contributed by atoms with E-state index in [1.54, 1.807) is 0 Å². The summed E-state index contributed by atoms with van der Waals surface area (Å²) < 4.78 is 5.52. The molecule has 0 aliphatic carbocycles. The van der Waals surface area contributed by atoms with Crippen molar-refractivity contribution in [2.24, 2.45) is 5.73 Å². The number of carbonyl (C=O) groups is 1. The summed E-state index contributed by atoms with van der Waals surface area (Å²) in [6.45, 7) is 2.61. The zero-order chi connectivity index (χ0) is 11.3. The number of primary amides is 1. The average molecular weight is 274 g/mol. The molecule has 0 aromatic carbocycles. The zero-order valence-corrected chi connectivity index (χ0v) is 9.87. The topological polar surface area (TPSA) is 77.2 Å². The van der Waals surface area contributed by atoms with Crippen LogP contribution >= 0.6 is 15.9 Å². The van der Waals surface area contributed by atoms with Gasteiger partial charge >= 0.3 is 6.09 Å². The fourth-order valence-corrected chi connectivity index (χ4v) is 1.19. The number of ether oxygens (including phenoxy) is 1. The van der Waals surface area contributed by atoms with E-state index in [0.29, 0.717) is 6.54 Å². The monoisotopic (exact) mass is 273 g/mol. The molecule has 3 N–H and O–H groups in total. The molecule has 1 amide bonds. The number of anilines is 1. The Bertz CT molecular complexity index is 357. The first kappa shape index (κ1) is 11.8. The summed E-state index contributed by atoms with van der Waals surface area (Å²) in [5.74, 6) is 0.740. The molecule has 1 aromatic rings. The molecule has 6 heteroatoms. The van der Waals surface area contributed by atoms with Crippen LogP contribution in [0.2, 0.25) is 0 Å². The molecular weight excluding hydrogens is 262 g/mol. The molecule has 0 saturated heterocycles. The molecule has 1 rings (SSSR count). The van der Waals surface area contributed by atoms with Crippen LogP contribution in [0, 0.1) is 6.92 Å². The van der Waals surface area contributed by atoms with Gasteiger partial charge in [0.1, 0.15) is 12.4 Å². The minimum atomic E-state index is -0.767. The van der Waals surface area contributed by atoms with E-state index >= 15 is 0 Å². The Hall–Kier alpha value is -1.30. The minimum absolute atomic E-state index is 0.228. The number of nitrogens with zero attached hydrogens (tertiary/aromatic N) is 1. The zero-order valence-electron chi connectivity index (χ0n) is 8.29. The number of hydrogen-bond donors (Lipinski definition) is 2. The summed E-state index contributed by atoms with van der Waals surface area (Å²) in [5, 5.41) is 3.00. The van der Waals surface area contributed by atoms with Gasteiger partial charge in [0.15, 0.2) is 0 Å². The molecule has 0 atom stereocenters. The van der Waals surface area contributed by atoms with E-state index in [-0.39, 0.29) is 6.61 Å². The van der Waals surface area contributed by atoms with Gasteiger partial charge in [-0.2, -0.15) is 0 Å². The van der Waals surface area contributed by atoms with Gasteiger partial charge in [-0.1, -0.05) is 0 Å². The van der Waals surface area contributed by atoms with Crippen LogP contribution in [0.25, 0.3) is 0 Å². The highest BCUT2D eigenvalue weighted by atomic mass is 79.9. The lowest BCUT2D eigenvalue weighted by Crippen LogP contribution is -2.18. The maximum Gasteiger partial charge on any atom is 0.404 e. The summed E-state index contributed by atoms with van der Waals surface area (Å²) in [6, 6.07) is 3.74. The number of halogens is 1. The fourth-order valence-electron chi connectivity index (χ4n) is 0.973. The van der Waals surface area contributed by atoms with Crippen LogP contribution < -0.4 is 11.1 Å². The maximum atomic E-state index is 10.3. The average Bonchev–Trinajstić information content (AvgIpc) is 2.18. The molecule has 1 aromatic heterocycles. The van der Waals surface area contributed by atoms with Gasteiger partial charge in [-0.15, -0.1) is 0 Å². The molecule has 15 heavy (non-hydrogen) atoms. The van der Waals surface area contributed by atoms with Crippen molar-refractivity contribution in [1.82, 2.24) is 4.98 Å². The van der Waals surface area contributed by atoms with Crippen LogP contribution in [0.1, 0.15) is 5.69 Å². The molecule has 0 fully saturated rings. The number of nitrogens with one attached hydrogen (secondary N) is 1. The smallest absolute Gasteiger partial charge is 0.404 e. The number of hydrogen-bond acceptors (Lipinski definition) is 4. The van der Waals surface area contributed by atoms with Crippen LogP contribution in [0.15, 0.2) is 16.6 Å². The van der Waals surface area contributed by atoms with Gasteiger partial charge in [0.25, 0.3) is 0 Å². The van der Waals surface area contributed by atoms with E-state index in [1.165, 1.54) is 0 Å². The van der Waals surface area contributed by atoms with Crippen molar-refractivity contribution >= 4 is 27.8 Å². The van der Waals surface area contributed by atoms with Crippen molar-refractivity contribution in [3.05, 3.63) is 22.3 Å². The van der Waals surface area contributed by atoms with Crippen LogP contribution in [0.4, 0.5) is 10.6 Å². The molecule has 1 heterocycles. The van der Waals surface area contributed by atoms with Gasteiger partial charge in [0.2, 0.25) is 0 Å². The lowest BCUT2D eigenvalue weighted by atomic mass is 10.4. The van der Waals surface area contributed by atoms with Gasteiger partial charge in [-0.05, 0) is 35.0 Å². The number of nitrogens with two attached hydrogens (primary N) is 1. The van der Waals surface area contributed by atoms with Gasteiger partial charge in [-0.3, -0.25) is 0 Å². The van der Waals surface area contributed by atoms with Gasteiger partial charge in [0, 0.05) is 4.47 Å². The first-order valence-electron chi connectivity index (χ1n) is 4.39. The highest BCUT2D eigenvalue weighted by Gasteiger charge is 1.98. The summed E-state index contributed by atoms with van der Waals surface area (Å²) >= 11 is 3.35. The standard InChI is InChI=1S/C9H12BrN3O2/c1-6-7(10)2-3-8(13-6)12-4-5-15-9(11)14/h2-3H,4-5H2,1H3,(H2,11,14)(H,12,13). The lowest BCUT2D eigenvalue weighted by Gasteiger charge is -2.06. The summed E-state index contributed by atoms with van der Waals surface area (Å²) in [5.41, 5.74) is 5.70. The van der Waals surface area contributed by atoms with Crippen LogP contribution in [0.3, 0.4) is 0 Å². The third kappa shape index (κ3) is 4.16. The molecule has 0 aliphatic heterocycles. The van der Waals surface area contributed by atoms with E-state index in [2.05, 4.69) is 31.0 Å². The van der Waals surface area contributed by atoms with Crippen molar-refractivity contribution in [2.45, 2.75) is 6.92 Å². The van der Waals surface area contributed by atoms with E-state index < -0.39 is 6.09 Å². The normalized spacial score (nSPS) is 9.73. The van der Waals surface area contributed by atoms with E-state index in [4.69, 9.17) is 5.73 Å². The van der Waals surface area contributed by atoms with Gasteiger partial charge in [-0.25, -0.2) is 9.78 Å². The lowest BCUT2D eigenvalue weighted by molar-refractivity contribution is 0.161. The second-order valence-corrected chi connectivity index (χ2v) is 3.71. The number of aryl methyl sites for hydroxylation is 1. The molecule has 5 nitrogen and oxygen atoms in total. The van der Waals surface area contributed by atoms with E-state index in [1.807, 2.05) is 19.1 Å². The molecule has 0 spiro atoms. The molecule has 82 valence electrons. The molecular formula is C9H12BrN3O2. The maximum absolute atomic E-state index is 10.3. The second-order valence-electron chi connectivity index (χ2n) is 2.86. The Morgan fingerprint density at radius 1 is 1.67 bits per heavy atom. The SMILES string of the molecule is Cc1nc(NCCOC(N)=O)ccc1Br. The van der Waals surface area contributed by atoms with E-state index in [0.717, 1.165) is 16.0 Å². The number of aromatic nitrogens is 1. The Morgan fingerprint density at radius 3 is 3.00 bits per heavy atom. The van der Waals surface area contributed by atoms with Crippen LogP contribution in [-0.2, 0) is 4.74 Å². The third-order valence-corrected chi connectivity index (χ3v) is 2.51. The predicted octanol–water partition coefficient (Wildman–Crippen LogP) is 1.66. The highest BCUT2D eigenvalue weighted by Crippen LogP contribution is 2.15. The Kier molecular flexibility index (Phi) is 4.36. The molecule has 0 aliphatic rings. The Morgan fingerprint density at radius 2 is 2.40 bits per heavy atom. The van der Waals surface area contributed by atoms with Crippen molar-refractivity contribution in [3.63, 3.8) is 0 Å². The summed E-state index contributed by atoms with van der Waals surface area (Å²) in [7, 11) is 0. The first-order chi connectivity index (χ1) is 7.09. The fraction of sp³-hybridized carbons (Fsp3) is 0.333. The second kappa shape index (κ2) is 5.55. The molecule has 0 saturated carbocycles. The Labute approximate surface area is 96.1 Å². The van der Waals surface area contributed by atoms with Gasteiger partial charge < -0.3 is 15.8 Å². The predicted molar refractivity (Wildman–Crippen MR) is 60.7 cm³/mol. The molecule has 0 bridgehead atoms. The highest BCUT2D eigenvalue weighted by molar-refractivity contribution is 9.10. The van der Waals surface area contributed by atoms with Crippen LogP contribution in [0.5, 0.6) is 0 Å². The van der Waals surface area contributed by atoms with Crippen molar-refractivity contribution < 1.29 is 9.53 Å². The number of pyridine rings is 1. The van der Waals surface area contributed by atoms with Gasteiger partial charge in [0.05, 0.1) is 12.2 Å². The van der Waals surface area contributed by atoms with Crippen molar-refractivity contribution in [2.75, 3.05) is 18.5 Å². The molecule has 0 unspecified atom stereocenters. The first-order valence-corrected chi connectivity index (χ1v) is 5.18.